The van der Waals surface area contributed by atoms with Crippen LogP contribution in [0.2, 0.25) is 0 Å². The van der Waals surface area contributed by atoms with Crippen LogP contribution in [0.5, 0.6) is 5.75 Å². The van der Waals surface area contributed by atoms with Gasteiger partial charge < -0.3 is 14.5 Å². The highest BCUT2D eigenvalue weighted by Gasteiger charge is 2.28. The van der Waals surface area contributed by atoms with Crippen molar-refractivity contribution in [2.75, 3.05) is 39.2 Å². The number of nitrogens with zero attached hydrogens (tertiary/aromatic N) is 3. The lowest BCUT2D eigenvalue weighted by Crippen LogP contribution is -2.42. The van der Waals surface area contributed by atoms with Gasteiger partial charge in [-0.25, -0.2) is 4.98 Å². The number of thiazole rings is 1. The molecule has 2 aromatic rings. The van der Waals surface area contributed by atoms with Gasteiger partial charge in [0.1, 0.15) is 11.3 Å². The number of anilines is 1. The molecule has 0 saturated carbocycles. The van der Waals surface area contributed by atoms with E-state index in [0.717, 1.165) is 42.3 Å². The number of methoxy groups -OCH3 is 1. The molecule has 0 spiro atoms. The van der Waals surface area contributed by atoms with Crippen molar-refractivity contribution in [1.82, 2.24) is 9.88 Å². The van der Waals surface area contributed by atoms with Crippen LogP contribution >= 0.6 is 11.3 Å². The predicted molar refractivity (Wildman–Crippen MR) is 94.5 cm³/mol. The molecule has 1 aromatic heterocycles. The molecule has 0 radical (unpaired) electrons. The number of hydrogen-bond donors (Lipinski definition) is 0. The standard InChI is InChI=1S/C17H23N3O2S/c1-11-7-8-13(22-4)14-15(11)23-17(18-14)20-9-5-6-12(10-20)16(21)19(2)3/h7-8,12H,5-6,9-10H2,1-4H3. The molecule has 3 rings (SSSR count). The zero-order valence-electron chi connectivity index (χ0n) is 14.1. The van der Waals surface area contributed by atoms with Gasteiger partial charge in [-0.15, -0.1) is 0 Å². The normalized spacial score (nSPS) is 18.3. The van der Waals surface area contributed by atoms with Crippen molar-refractivity contribution in [3.8, 4) is 5.75 Å². The molecular weight excluding hydrogens is 310 g/mol. The molecule has 1 saturated heterocycles. The number of piperidine rings is 1. The molecule has 5 nitrogen and oxygen atoms in total. The number of aromatic nitrogens is 1. The minimum Gasteiger partial charge on any atom is -0.494 e. The Labute approximate surface area is 140 Å². The monoisotopic (exact) mass is 333 g/mol. The van der Waals surface area contributed by atoms with Gasteiger partial charge in [-0.2, -0.15) is 0 Å². The minimum absolute atomic E-state index is 0.0637. The Morgan fingerprint density at radius 3 is 2.91 bits per heavy atom. The molecule has 1 aliphatic rings. The largest absolute Gasteiger partial charge is 0.494 e. The number of carbonyl (C=O) groups excluding carboxylic acids is 1. The summed E-state index contributed by atoms with van der Waals surface area (Å²) < 4.78 is 6.61. The number of amides is 1. The van der Waals surface area contributed by atoms with Gasteiger partial charge >= 0.3 is 0 Å². The summed E-state index contributed by atoms with van der Waals surface area (Å²) in [6, 6.07) is 4.04. The van der Waals surface area contributed by atoms with Gasteiger partial charge in [-0.05, 0) is 31.4 Å². The number of carbonyl (C=O) groups is 1. The average molecular weight is 333 g/mol. The van der Waals surface area contributed by atoms with E-state index in [1.54, 1.807) is 23.3 Å². The molecule has 1 aliphatic heterocycles. The van der Waals surface area contributed by atoms with Gasteiger partial charge in [0.2, 0.25) is 5.91 Å². The zero-order valence-corrected chi connectivity index (χ0v) is 14.9. The predicted octanol–water partition coefficient (Wildman–Crippen LogP) is 2.92. The van der Waals surface area contributed by atoms with E-state index in [-0.39, 0.29) is 11.8 Å². The van der Waals surface area contributed by atoms with E-state index in [1.807, 2.05) is 20.2 Å². The Kier molecular flexibility index (Phi) is 4.43. The zero-order chi connectivity index (χ0) is 16.6. The lowest BCUT2D eigenvalue weighted by molar-refractivity contribution is -0.133. The van der Waals surface area contributed by atoms with E-state index < -0.39 is 0 Å². The van der Waals surface area contributed by atoms with Crippen molar-refractivity contribution in [1.29, 1.82) is 0 Å². The van der Waals surface area contributed by atoms with Crippen molar-refractivity contribution >= 4 is 32.6 Å². The van der Waals surface area contributed by atoms with Crippen LogP contribution in [0, 0.1) is 12.8 Å². The van der Waals surface area contributed by atoms with Crippen molar-refractivity contribution in [2.24, 2.45) is 5.92 Å². The molecule has 2 heterocycles. The molecule has 1 fully saturated rings. The van der Waals surface area contributed by atoms with E-state index in [1.165, 1.54) is 10.3 Å². The molecule has 1 aromatic carbocycles. The summed E-state index contributed by atoms with van der Waals surface area (Å²) in [6.07, 6.45) is 1.98. The van der Waals surface area contributed by atoms with E-state index in [9.17, 15) is 4.79 Å². The molecule has 0 aliphatic carbocycles. The SMILES string of the molecule is COc1ccc(C)c2sc(N3CCCC(C(=O)N(C)C)C3)nc12. The van der Waals surface area contributed by atoms with Crippen molar-refractivity contribution in [3.63, 3.8) is 0 Å². The van der Waals surface area contributed by atoms with Crippen molar-refractivity contribution in [2.45, 2.75) is 19.8 Å². The number of benzene rings is 1. The fourth-order valence-corrected chi connectivity index (χ4v) is 4.20. The Morgan fingerprint density at radius 1 is 1.43 bits per heavy atom. The van der Waals surface area contributed by atoms with Crippen LogP contribution in [0.25, 0.3) is 10.2 Å². The minimum atomic E-state index is 0.0637. The highest BCUT2D eigenvalue weighted by atomic mass is 32.1. The quantitative estimate of drug-likeness (QED) is 0.866. The summed E-state index contributed by atoms with van der Waals surface area (Å²) in [5.41, 5.74) is 2.14. The summed E-state index contributed by atoms with van der Waals surface area (Å²) in [7, 11) is 5.33. The molecule has 124 valence electrons. The summed E-state index contributed by atoms with van der Waals surface area (Å²) in [5, 5.41) is 0.990. The van der Waals surface area contributed by atoms with E-state index in [0.29, 0.717) is 0 Å². The van der Waals surface area contributed by atoms with E-state index >= 15 is 0 Å². The van der Waals surface area contributed by atoms with Crippen molar-refractivity contribution in [3.05, 3.63) is 17.7 Å². The molecule has 0 N–H and O–H groups in total. The van der Waals surface area contributed by atoms with Crippen LogP contribution in [0.4, 0.5) is 5.13 Å². The Morgan fingerprint density at radius 2 is 2.22 bits per heavy atom. The van der Waals surface area contributed by atoms with Gasteiger partial charge in [0.15, 0.2) is 5.13 Å². The van der Waals surface area contributed by atoms with Crippen LogP contribution in [-0.4, -0.2) is 50.1 Å². The molecule has 23 heavy (non-hydrogen) atoms. The van der Waals surface area contributed by atoms with E-state index in [2.05, 4.69) is 17.9 Å². The molecule has 1 amide bonds. The first-order valence-electron chi connectivity index (χ1n) is 7.91. The fourth-order valence-electron chi connectivity index (χ4n) is 3.12. The topological polar surface area (TPSA) is 45.7 Å². The number of fused-ring (bicyclic) bond motifs is 1. The van der Waals surface area contributed by atoms with Crippen LogP contribution in [-0.2, 0) is 4.79 Å². The number of rotatable bonds is 3. The summed E-state index contributed by atoms with van der Waals surface area (Å²) >= 11 is 1.69. The number of hydrogen-bond acceptors (Lipinski definition) is 5. The summed E-state index contributed by atoms with van der Waals surface area (Å²) in [5.74, 6) is 1.09. The maximum absolute atomic E-state index is 12.3. The van der Waals surface area contributed by atoms with Crippen molar-refractivity contribution < 1.29 is 9.53 Å². The Bertz CT molecular complexity index is 726. The summed E-state index contributed by atoms with van der Waals surface area (Å²) in [6.45, 7) is 3.80. The Hall–Kier alpha value is -1.82. The molecule has 1 unspecified atom stereocenters. The van der Waals surface area contributed by atoms with Crippen LogP contribution in [0.3, 0.4) is 0 Å². The van der Waals surface area contributed by atoms with Gasteiger partial charge in [0, 0.05) is 27.2 Å². The molecule has 6 heteroatoms. The lowest BCUT2D eigenvalue weighted by Gasteiger charge is -2.32. The van der Waals surface area contributed by atoms with Gasteiger partial charge in [-0.3, -0.25) is 4.79 Å². The number of aryl methyl sites for hydroxylation is 1. The lowest BCUT2D eigenvalue weighted by atomic mass is 9.97. The first kappa shape index (κ1) is 16.1. The first-order valence-corrected chi connectivity index (χ1v) is 8.73. The maximum atomic E-state index is 12.3. The van der Waals surface area contributed by atoms with Crippen LogP contribution in [0.15, 0.2) is 12.1 Å². The third-order valence-corrected chi connectivity index (χ3v) is 5.65. The van der Waals surface area contributed by atoms with Gasteiger partial charge in [0.25, 0.3) is 0 Å². The highest BCUT2D eigenvalue weighted by molar-refractivity contribution is 7.22. The smallest absolute Gasteiger partial charge is 0.226 e. The first-order chi connectivity index (χ1) is 11.0. The number of ether oxygens (including phenoxy) is 1. The third kappa shape index (κ3) is 3.00. The second kappa shape index (κ2) is 6.35. The average Bonchev–Trinajstić information content (AvgIpc) is 3.01. The second-order valence-electron chi connectivity index (χ2n) is 6.28. The summed E-state index contributed by atoms with van der Waals surface area (Å²) in [4.78, 5) is 21.0. The Balaban J connectivity index is 1.91. The third-order valence-electron chi connectivity index (χ3n) is 4.39. The van der Waals surface area contributed by atoms with Crippen LogP contribution < -0.4 is 9.64 Å². The maximum Gasteiger partial charge on any atom is 0.226 e. The van der Waals surface area contributed by atoms with Crippen LogP contribution in [0.1, 0.15) is 18.4 Å². The second-order valence-corrected chi connectivity index (χ2v) is 7.25. The molecule has 1 atom stereocenters. The van der Waals surface area contributed by atoms with Gasteiger partial charge in [0.05, 0.1) is 17.7 Å². The molecular formula is C17H23N3O2S. The fraction of sp³-hybridized carbons (Fsp3) is 0.529. The molecule has 0 bridgehead atoms. The van der Waals surface area contributed by atoms with E-state index in [4.69, 9.17) is 9.72 Å². The van der Waals surface area contributed by atoms with Gasteiger partial charge in [-0.1, -0.05) is 17.4 Å². The highest BCUT2D eigenvalue weighted by Crippen LogP contribution is 2.37.